The Morgan fingerprint density at radius 3 is 2.46 bits per heavy atom. The lowest BCUT2D eigenvalue weighted by molar-refractivity contribution is -0.159. The van der Waals surface area contributed by atoms with Gasteiger partial charge in [0.1, 0.15) is 5.82 Å². The van der Waals surface area contributed by atoms with Crippen LogP contribution in [0, 0.1) is 5.82 Å². The van der Waals surface area contributed by atoms with Gasteiger partial charge in [-0.3, -0.25) is 0 Å². The highest BCUT2D eigenvalue weighted by molar-refractivity contribution is 7.88. The van der Waals surface area contributed by atoms with E-state index in [0.717, 1.165) is 12.3 Å². The minimum Gasteiger partial charge on any atom is -0.329 e. The van der Waals surface area contributed by atoms with Crippen molar-refractivity contribution in [3.63, 3.8) is 0 Å². The molecular weight excluding hydrogens is 354 g/mol. The monoisotopic (exact) mass is 367 g/mol. The van der Waals surface area contributed by atoms with E-state index in [-0.39, 0.29) is 17.5 Å². The fourth-order valence-electron chi connectivity index (χ4n) is 2.03. The zero-order valence-electron chi connectivity index (χ0n) is 12.6. The molecule has 2 aromatic rings. The fourth-order valence-corrected chi connectivity index (χ4v) is 2.84. The molecule has 1 aromatic heterocycles. The minimum absolute atomic E-state index is 0.0234. The average Bonchev–Trinajstić information content (AvgIpc) is 2.93. The molecule has 0 fully saturated rings. The molecule has 2 rings (SSSR count). The highest BCUT2D eigenvalue weighted by Crippen LogP contribution is 2.30. The largest absolute Gasteiger partial charge is 0.471 e. The Balaban J connectivity index is 2.34. The molecule has 0 spiro atoms. The lowest BCUT2D eigenvalue weighted by Gasteiger charge is -2.17. The van der Waals surface area contributed by atoms with Crippen molar-refractivity contribution in [1.82, 2.24) is 14.9 Å². The summed E-state index contributed by atoms with van der Waals surface area (Å²) in [6, 6.07) is 2.67. The van der Waals surface area contributed by atoms with Gasteiger partial charge in [0, 0.05) is 17.2 Å². The molecule has 1 unspecified atom stereocenters. The molecule has 0 radical (unpaired) electrons. The first kappa shape index (κ1) is 18.3. The van der Waals surface area contributed by atoms with Gasteiger partial charge in [-0.1, -0.05) is 24.2 Å². The van der Waals surface area contributed by atoms with Crippen molar-refractivity contribution >= 4 is 10.0 Å². The van der Waals surface area contributed by atoms with Gasteiger partial charge < -0.3 is 4.52 Å². The van der Waals surface area contributed by atoms with Crippen molar-refractivity contribution in [2.24, 2.45) is 0 Å². The Morgan fingerprint density at radius 2 is 2.00 bits per heavy atom. The van der Waals surface area contributed by atoms with Crippen LogP contribution in [0.1, 0.15) is 30.8 Å². The third kappa shape index (κ3) is 4.29. The third-order valence-electron chi connectivity index (χ3n) is 3.07. The molecule has 11 heteroatoms. The number of hydrogen-bond donors (Lipinski definition) is 1. The molecule has 1 atom stereocenters. The van der Waals surface area contributed by atoms with Crippen molar-refractivity contribution in [3.8, 4) is 11.4 Å². The number of nitrogens with zero attached hydrogens (tertiary/aromatic N) is 2. The lowest BCUT2D eigenvalue weighted by atomic mass is 10.0. The summed E-state index contributed by atoms with van der Waals surface area (Å²) in [5.74, 6) is -2.75. The number of sulfonamides is 1. The number of rotatable bonds is 5. The van der Waals surface area contributed by atoms with Crippen molar-refractivity contribution in [1.29, 1.82) is 0 Å². The molecule has 0 amide bonds. The zero-order valence-corrected chi connectivity index (χ0v) is 13.4. The second kappa shape index (κ2) is 6.48. The van der Waals surface area contributed by atoms with E-state index >= 15 is 0 Å². The van der Waals surface area contributed by atoms with E-state index < -0.39 is 39.8 Å². The maximum atomic E-state index is 14.2. The summed E-state index contributed by atoms with van der Waals surface area (Å²) in [6.07, 6.45) is -3.57. The number of benzene rings is 1. The van der Waals surface area contributed by atoms with Gasteiger partial charge >= 0.3 is 12.1 Å². The Kier molecular flexibility index (Phi) is 4.95. The molecule has 0 aliphatic carbocycles. The van der Waals surface area contributed by atoms with Gasteiger partial charge in [0.15, 0.2) is 0 Å². The summed E-state index contributed by atoms with van der Waals surface area (Å²) in [5.41, 5.74) is 0.0379. The van der Waals surface area contributed by atoms with E-state index in [1.807, 2.05) is 0 Å². The van der Waals surface area contributed by atoms with E-state index in [4.69, 9.17) is 0 Å². The Labute approximate surface area is 134 Å². The standard InChI is InChI=1S/C13H13F4N3O3S/c1-3-10(20-24(2,21)22)8-5-4-7(6-9(8)14)11-18-12(23-19-11)13(15,16)17/h4-6,10,20H,3H2,1-2H3. The van der Waals surface area contributed by atoms with Crippen LogP contribution in [0.5, 0.6) is 0 Å². The molecular formula is C13H13F4N3O3S. The van der Waals surface area contributed by atoms with Gasteiger partial charge in [0.25, 0.3) is 0 Å². The summed E-state index contributed by atoms with van der Waals surface area (Å²) in [7, 11) is -3.56. The molecule has 1 heterocycles. The Morgan fingerprint density at radius 1 is 1.33 bits per heavy atom. The van der Waals surface area contributed by atoms with Crippen LogP contribution in [0.2, 0.25) is 0 Å². The van der Waals surface area contributed by atoms with E-state index in [9.17, 15) is 26.0 Å². The van der Waals surface area contributed by atoms with Crippen LogP contribution in [-0.2, 0) is 16.2 Å². The highest BCUT2D eigenvalue weighted by atomic mass is 32.2. The van der Waals surface area contributed by atoms with Gasteiger partial charge in [-0.15, -0.1) is 0 Å². The van der Waals surface area contributed by atoms with Crippen LogP contribution < -0.4 is 4.72 Å². The van der Waals surface area contributed by atoms with Crippen LogP contribution in [-0.4, -0.2) is 24.8 Å². The highest BCUT2D eigenvalue weighted by Gasteiger charge is 2.38. The number of halogens is 4. The summed E-state index contributed by atoms with van der Waals surface area (Å²) < 4.78 is 80.5. The number of hydrogen-bond acceptors (Lipinski definition) is 5. The topological polar surface area (TPSA) is 85.1 Å². The van der Waals surface area contributed by atoms with Crippen molar-refractivity contribution in [3.05, 3.63) is 35.5 Å². The summed E-state index contributed by atoms with van der Waals surface area (Å²) in [5, 5.41) is 3.16. The first-order valence-corrected chi connectivity index (χ1v) is 8.58. The second-order valence-electron chi connectivity index (χ2n) is 5.01. The molecule has 1 aromatic carbocycles. The van der Waals surface area contributed by atoms with Gasteiger partial charge in [-0.2, -0.15) is 18.2 Å². The molecule has 6 nitrogen and oxygen atoms in total. The molecule has 132 valence electrons. The predicted molar refractivity (Wildman–Crippen MR) is 75.7 cm³/mol. The maximum absolute atomic E-state index is 14.2. The first-order valence-electron chi connectivity index (χ1n) is 6.69. The third-order valence-corrected chi connectivity index (χ3v) is 3.78. The zero-order chi connectivity index (χ0) is 18.1. The fraction of sp³-hybridized carbons (Fsp3) is 0.385. The van der Waals surface area contributed by atoms with E-state index in [0.29, 0.717) is 0 Å². The van der Waals surface area contributed by atoms with Gasteiger partial charge in [0.05, 0.1) is 6.26 Å². The SMILES string of the molecule is CCC(NS(C)(=O)=O)c1ccc(-c2noc(C(F)(F)F)n2)cc1F. The molecule has 0 aliphatic heterocycles. The predicted octanol–water partition coefficient (Wildman–Crippen LogP) is 2.89. The number of aromatic nitrogens is 2. The van der Waals surface area contributed by atoms with E-state index in [2.05, 4.69) is 19.4 Å². The summed E-state index contributed by atoms with van der Waals surface area (Å²) >= 11 is 0. The van der Waals surface area contributed by atoms with Gasteiger partial charge in [0.2, 0.25) is 15.8 Å². The molecule has 24 heavy (non-hydrogen) atoms. The lowest BCUT2D eigenvalue weighted by Crippen LogP contribution is -2.27. The van der Waals surface area contributed by atoms with E-state index in [1.165, 1.54) is 12.1 Å². The van der Waals surface area contributed by atoms with Crippen LogP contribution in [0.25, 0.3) is 11.4 Å². The van der Waals surface area contributed by atoms with Crippen LogP contribution in [0.3, 0.4) is 0 Å². The second-order valence-corrected chi connectivity index (χ2v) is 6.79. The van der Waals surface area contributed by atoms with Gasteiger partial charge in [-0.05, 0) is 12.5 Å². The Hall–Kier alpha value is -2.01. The molecule has 0 aliphatic rings. The van der Waals surface area contributed by atoms with Crippen molar-refractivity contribution in [2.75, 3.05) is 6.26 Å². The van der Waals surface area contributed by atoms with Crippen LogP contribution >= 0.6 is 0 Å². The smallest absolute Gasteiger partial charge is 0.329 e. The maximum Gasteiger partial charge on any atom is 0.471 e. The van der Waals surface area contributed by atoms with Crippen LogP contribution in [0.4, 0.5) is 17.6 Å². The number of nitrogens with one attached hydrogen (secondary N) is 1. The molecule has 0 bridgehead atoms. The molecule has 0 saturated heterocycles. The Bertz CT molecular complexity index is 833. The van der Waals surface area contributed by atoms with Crippen molar-refractivity contribution in [2.45, 2.75) is 25.6 Å². The molecule has 1 N–H and O–H groups in total. The van der Waals surface area contributed by atoms with Crippen LogP contribution in [0.15, 0.2) is 22.7 Å². The van der Waals surface area contributed by atoms with Gasteiger partial charge in [-0.25, -0.2) is 17.5 Å². The van der Waals surface area contributed by atoms with E-state index in [1.54, 1.807) is 6.92 Å². The normalized spacial score (nSPS) is 13.9. The summed E-state index contributed by atoms with van der Waals surface area (Å²) in [6.45, 7) is 1.66. The average molecular weight is 367 g/mol. The summed E-state index contributed by atoms with van der Waals surface area (Å²) in [4.78, 5) is 3.17. The number of alkyl halides is 3. The first-order chi connectivity index (χ1) is 11.0. The quantitative estimate of drug-likeness (QED) is 0.822. The molecule has 0 saturated carbocycles. The minimum atomic E-state index is -4.80. The van der Waals surface area contributed by atoms with Crippen molar-refractivity contribution < 1.29 is 30.5 Å².